The van der Waals surface area contributed by atoms with Crippen LogP contribution < -0.4 is 11.1 Å². The standard InChI is InChI=1S/C7H13F3N2O/c1-5(4-7(8,9)10)12-3-2-6(11)13/h5,12H,2-4H2,1H3,(H2,11,13). The van der Waals surface area contributed by atoms with Gasteiger partial charge in [0.15, 0.2) is 0 Å². The lowest BCUT2D eigenvalue weighted by molar-refractivity contribution is -0.138. The van der Waals surface area contributed by atoms with Crippen molar-refractivity contribution in [2.24, 2.45) is 5.73 Å². The predicted octanol–water partition coefficient (Wildman–Crippen LogP) is 0.792. The van der Waals surface area contributed by atoms with Gasteiger partial charge in [-0.15, -0.1) is 0 Å². The van der Waals surface area contributed by atoms with Gasteiger partial charge in [0.1, 0.15) is 0 Å². The minimum atomic E-state index is -4.17. The van der Waals surface area contributed by atoms with E-state index in [2.05, 4.69) is 5.32 Å². The van der Waals surface area contributed by atoms with Crippen molar-refractivity contribution < 1.29 is 18.0 Å². The van der Waals surface area contributed by atoms with Crippen LogP contribution in [-0.2, 0) is 4.79 Å². The number of carbonyl (C=O) groups excluding carboxylic acids is 1. The lowest BCUT2D eigenvalue weighted by atomic mass is 10.2. The number of alkyl halides is 3. The maximum absolute atomic E-state index is 11.8. The first-order chi connectivity index (χ1) is 5.81. The van der Waals surface area contributed by atoms with Crippen molar-refractivity contribution in [1.29, 1.82) is 0 Å². The highest BCUT2D eigenvalue weighted by Gasteiger charge is 2.29. The van der Waals surface area contributed by atoms with Crippen LogP contribution in [0.3, 0.4) is 0 Å². The Balaban J connectivity index is 3.52. The van der Waals surface area contributed by atoms with Gasteiger partial charge < -0.3 is 11.1 Å². The van der Waals surface area contributed by atoms with Gasteiger partial charge in [-0.05, 0) is 6.92 Å². The SMILES string of the molecule is CC(CC(F)(F)F)NCCC(N)=O. The molecule has 1 amide bonds. The molecule has 0 fully saturated rings. The molecule has 1 unspecified atom stereocenters. The van der Waals surface area contributed by atoms with Crippen molar-refractivity contribution in [3.8, 4) is 0 Å². The Kier molecular flexibility index (Phi) is 4.76. The molecular weight excluding hydrogens is 185 g/mol. The molecule has 0 aliphatic rings. The molecule has 0 aliphatic carbocycles. The van der Waals surface area contributed by atoms with Crippen LogP contribution in [0.15, 0.2) is 0 Å². The number of carbonyl (C=O) groups is 1. The fourth-order valence-corrected chi connectivity index (χ4v) is 0.861. The number of primary amides is 1. The zero-order valence-electron chi connectivity index (χ0n) is 7.32. The van der Waals surface area contributed by atoms with E-state index >= 15 is 0 Å². The first kappa shape index (κ1) is 12.2. The van der Waals surface area contributed by atoms with Crippen LogP contribution in [0.25, 0.3) is 0 Å². The van der Waals surface area contributed by atoms with Gasteiger partial charge in [-0.1, -0.05) is 0 Å². The quantitative estimate of drug-likeness (QED) is 0.686. The zero-order valence-corrected chi connectivity index (χ0v) is 7.32. The summed E-state index contributed by atoms with van der Waals surface area (Å²) in [6.45, 7) is 1.60. The molecule has 0 aromatic heterocycles. The van der Waals surface area contributed by atoms with Gasteiger partial charge in [-0.25, -0.2) is 0 Å². The Bertz CT molecular complexity index is 170. The van der Waals surface area contributed by atoms with Gasteiger partial charge in [0.2, 0.25) is 5.91 Å². The van der Waals surface area contributed by atoms with Crippen molar-refractivity contribution in [3.05, 3.63) is 0 Å². The fourth-order valence-electron chi connectivity index (χ4n) is 0.861. The van der Waals surface area contributed by atoms with Gasteiger partial charge in [-0.2, -0.15) is 13.2 Å². The number of nitrogens with one attached hydrogen (secondary N) is 1. The lowest BCUT2D eigenvalue weighted by Crippen LogP contribution is -2.33. The molecule has 0 spiro atoms. The molecule has 13 heavy (non-hydrogen) atoms. The molecule has 0 saturated carbocycles. The van der Waals surface area contributed by atoms with E-state index in [-0.39, 0.29) is 13.0 Å². The highest BCUT2D eigenvalue weighted by atomic mass is 19.4. The Labute approximate surface area is 74.5 Å². The molecule has 1 atom stereocenters. The van der Waals surface area contributed by atoms with Crippen molar-refractivity contribution in [3.63, 3.8) is 0 Å². The highest BCUT2D eigenvalue weighted by molar-refractivity contribution is 5.73. The molecule has 0 aliphatic heterocycles. The number of hydrogen-bond acceptors (Lipinski definition) is 2. The number of rotatable bonds is 5. The second-order valence-electron chi connectivity index (χ2n) is 2.89. The van der Waals surface area contributed by atoms with Crippen molar-refractivity contribution in [1.82, 2.24) is 5.32 Å². The summed E-state index contributed by atoms with van der Waals surface area (Å²) in [7, 11) is 0. The van der Waals surface area contributed by atoms with Gasteiger partial charge in [0.25, 0.3) is 0 Å². The minimum Gasteiger partial charge on any atom is -0.370 e. The van der Waals surface area contributed by atoms with Crippen LogP contribution in [0.4, 0.5) is 13.2 Å². The van der Waals surface area contributed by atoms with Crippen molar-refractivity contribution >= 4 is 5.91 Å². The zero-order chi connectivity index (χ0) is 10.5. The third-order valence-corrected chi connectivity index (χ3v) is 1.40. The first-order valence-electron chi connectivity index (χ1n) is 3.89. The Morgan fingerprint density at radius 3 is 2.46 bits per heavy atom. The van der Waals surface area contributed by atoms with Crippen molar-refractivity contribution in [2.75, 3.05) is 6.54 Å². The molecule has 0 saturated heterocycles. The summed E-state index contributed by atoms with van der Waals surface area (Å²) >= 11 is 0. The average Bonchev–Trinajstić information content (AvgIpc) is 1.81. The summed E-state index contributed by atoms with van der Waals surface area (Å²) in [5.41, 5.74) is 4.80. The summed E-state index contributed by atoms with van der Waals surface area (Å²) in [5, 5.41) is 2.55. The van der Waals surface area contributed by atoms with E-state index in [4.69, 9.17) is 5.73 Å². The Morgan fingerprint density at radius 2 is 2.08 bits per heavy atom. The molecule has 0 radical (unpaired) electrons. The van der Waals surface area contributed by atoms with Crippen LogP contribution in [0.5, 0.6) is 0 Å². The summed E-state index contributed by atoms with van der Waals surface area (Å²) < 4.78 is 35.3. The van der Waals surface area contributed by atoms with E-state index in [1.807, 2.05) is 0 Å². The normalized spacial score (nSPS) is 14.2. The van der Waals surface area contributed by atoms with Crippen LogP contribution >= 0.6 is 0 Å². The second kappa shape index (κ2) is 5.06. The van der Waals surface area contributed by atoms with Gasteiger partial charge in [0, 0.05) is 19.0 Å². The number of hydrogen-bond donors (Lipinski definition) is 2. The number of nitrogens with two attached hydrogens (primary N) is 1. The third kappa shape index (κ3) is 9.13. The van der Waals surface area contributed by atoms with E-state index < -0.39 is 24.5 Å². The molecule has 0 bridgehead atoms. The molecule has 0 aromatic rings. The van der Waals surface area contributed by atoms with E-state index in [0.29, 0.717) is 0 Å². The van der Waals surface area contributed by atoms with E-state index in [9.17, 15) is 18.0 Å². The maximum Gasteiger partial charge on any atom is 0.390 e. The van der Waals surface area contributed by atoms with Gasteiger partial charge in [-0.3, -0.25) is 4.79 Å². The fraction of sp³-hybridized carbons (Fsp3) is 0.857. The van der Waals surface area contributed by atoms with E-state index in [1.165, 1.54) is 6.92 Å². The predicted molar refractivity (Wildman–Crippen MR) is 41.9 cm³/mol. The van der Waals surface area contributed by atoms with Crippen LogP contribution in [0.2, 0.25) is 0 Å². The second-order valence-corrected chi connectivity index (χ2v) is 2.89. The van der Waals surface area contributed by atoms with E-state index in [0.717, 1.165) is 0 Å². The summed E-state index contributed by atoms with van der Waals surface area (Å²) in [6.07, 6.45) is -5.01. The molecule has 3 nitrogen and oxygen atoms in total. The summed E-state index contributed by atoms with van der Waals surface area (Å²) in [6, 6.07) is -0.681. The molecule has 6 heteroatoms. The van der Waals surface area contributed by atoms with Crippen LogP contribution in [0, 0.1) is 0 Å². The summed E-state index contributed by atoms with van der Waals surface area (Å²) in [4.78, 5) is 10.2. The van der Waals surface area contributed by atoms with E-state index in [1.54, 1.807) is 0 Å². The minimum absolute atomic E-state index is 0.0577. The smallest absolute Gasteiger partial charge is 0.370 e. The van der Waals surface area contributed by atoms with Gasteiger partial charge in [0.05, 0.1) is 6.42 Å². The largest absolute Gasteiger partial charge is 0.390 e. The maximum atomic E-state index is 11.8. The lowest BCUT2D eigenvalue weighted by Gasteiger charge is -2.14. The molecule has 0 aromatic carbocycles. The van der Waals surface area contributed by atoms with Crippen LogP contribution in [0.1, 0.15) is 19.8 Å². The molecule has 0 rings (SSSR count). The molecular formula is C7H13F3N2O. The molecule has 3 N–H and O–H groups in total. The Hall–Kier alpha value is -0.780. The first-order valence-corrected chi connectivity index (χ1v) is 3.89. The number of amides is 1. The van der Waals surface area contributed by atoms with Gasteiger partial charge >= 0.3 is 6.18 Å². The van der Waals surface area contributed by atoms with Crippen LogP contribution in [-0.4, -0.2) is 24.7 Å². The topological polar surface area (TPSA) is 55.1 Å². The Morgan fingerprint density at radius 1 is 1.54 bits per heavy atom. The third-order valence-electron chi connectivity index (χ3n) is 1.40. The molecule has 78 valence electrons. The average molecular weight is 198 g/mol. The van der Waals surface area contributed by atoms with Crippen molar-refractivity contribution in [2.45, 2.75) is 32.0 Å². The summed E-state index contributed by atoms with van der Waals surface area (Å²) in [5.74, 6) is -0.522. The molecule has 0 heterocycles. The highest BCUT2D eigenvalue weighted by Crippen LogP contribution is 2.21. The monoisotopic (exact) mass is 198 g/mol. The number of halogens is 3.